The van der Waals surface area contributed by atoms with Crippen LogP contribution < -0.4 is 53.6 Å². The molecule has 3 aliphatic rings. The molecule has 15 amide bonds. The number of para-hydroxylation sites is 1. The van der Waals surface area contributed by atoms with Gasteiger partial charge in [-0.15, -0.1) is 11.8 Å². The number of primary amides is 1. The van der Waals surface area contributed by atoms with Crippen molar-refractivity contribution < 1.29 is 97.1 Å². The van der Waals surface area contributed by atoms with Gasteiger partial charge in [0.2, 0.25) is 88.6 Å². The van der Waals surface area contributed by atoms with Crippen LogP contribution in [-0.4, -0.2) is 281 Å². The van der Waals surface area contributed by atoms with Crippen molar-refractivity contribution in [2.45, 2.75) is 216 Å². The molecule has 36 nitrogen and oxygen atoms in total. The zero-order valence-electron chi connectivity index (χ0n) is 77.1. The molecule has 3 aliphatic heterocycles. The predicted octanol–water partition coefficient (Wildman–Crippen LogP) is 2.75. The third kappa shape index (κ3) is 29.2. The Hall–Kier alpha value is -13.7. The van der Waals surface area contributed by atoms with Crippen LogP contribution in [0.15, 0.2) is 170 Å². The lowest BCUT2D eigenvalue weighted by Crippen LogP contribution is -2.63. The summed E-state index contributed by atoms with van der Waals surface area (Å²) >= 11 is 0.826. The Bertz CT molecular complexity index is 5320. The van der Waals surface area contributed by atoms with E-state index in [4.69, 9.17) is 5.73 Å². The lowest BCUT2D eigenvalue weighted by molar-refractivity contribution is -0.152. The van der Waals surface area contributed by atoms with Crippen molar-refractivity contribution in [2.24, 2.45) is 17.6 Å². The number of carbonyl (C=O) groups is 16. The molecule has 37 heteroatoms. The van der Waals surface area contributed by atoms with E-state index in [1.165, 1.54) is 74.6 Å². The minimum atomic E-state index is -1.98. The first-order valence-corrected chi connectivity index (χ1v) is 46.7. The Morgan fingerprint density at radius 2 is 0.978 bits per heavy atom. The normalized spacial score (nSPS) is 24.0. The zero-order valence-corrected chi connectivity index (χ0v) is 77.9. The number of carboxylic acid groups (broad SMARTS) is 1. The van der Waals surface area contributed by atoms with Gasteiger partial charge in [0.15, 0.2) is 0 Å². The number of fused-ring (bicyclic) bond motifs is 3. The Labute approximate surface area is 787 Å². The number of carboxylic acids is 1. The molecule has 135 heavy (non-hydrogen) atoms. The van der Waals surface area contributed by atoms with Crippen molar-refractivity contribution in [1.29, 1.82) is 0 Å². The number of nitrogens with zero attached hydrogens (tertiary/aromatic N) is 5. The van der Waals surface area contributed by atoms with Crippen molar-refractivity contribution in [3.05, 3.63) is 203 Å². The Morgan fingerprint density at radius 1 is 0.489 bits per heavy atom. The SMILES string of the molecule is CCCC[C@H]1C(=O)N2C[C@H](O)C[C@@H]2C(=O)N[C@@H](CC(=O)O)C(=O)N[C@@H](C(C)C)C(=O)N(C)[C@@H](Cc2ccccc2)C(=O)N[C@@H](Cc2ccc(O)cc2)C(=O)N2CCCC[C@@H]2C(=O)N[C@@H](Cc2c[nH]c3ccccc23)C(=O)N[C@@H](Cc2ccc(O)cc2)C(=O)N[C@@H](CC(C)C)C(=O)N[C@H](C(=O)NCC(N)=O)CSCC(=O)N[C@@H](Cc2ccccc2)C(=O)N(C)[C@@H](Cc2ccccc2)C(=O)N1C. The molecule has 0 saturated carbocycles. The lowest BCUT2D eigenvalue weighted by atomic mass is 9.96. The minimum absolute atomic E-state index is 0.0214. The van der Waals surface area contributed by atoms with E-state index in [0.29, 0.717) is 70.0 Å². The number of aliphatic hydroxyl groups excluding tert-OH is 1. The molecule has 4 heterocycles. The molecule has 14 atom stereocenters. The number of carbonyl (C=O) groups excluding carboxylic acids is 15. The molecule has 0 spiro atoms. The summed E-state index contributed by atoms with van der Waals surface area (Å²) in [6.45, 7) is 7.23. The highest BCUT2D eigenvalue weighted by Gasteiger charge is 2.48. The average molecular weight is 1880 g/mol. The van der Waals surface area contributed by atoms with E-state index in [1.807, 2.05) is 6.92 Å². The van der Waals surface area contributed by atoms with Crippen molar-refractivity contribution in [3.8, 4) is 11.5 Å². The predicted molar refractivity (Wildman–Crippen MR) is 502 cm³/mol. The summed E-state index contributed by atoms with van der Waals surface area (Å²) in [5.41, 5.74) is 9.16. The quantitative estimate of drug-likeness (QED) is 0.0438. The summed E-state index contributed by atoms with van der Waals surface area (Å²) in [4.78, 5) is 249. The summed E-state index contributed by atoms with van der Waals surface area (Å²) in [5, 5.41) is 68.0. The molecule has 0 bridgehead atoms. The number of H-pyrrole nitrogens is 1. The van der Waals surface area contributed by atoms with Gasteiger partial charge in [-0.25, -0.2) is 0 Å². The fraction of sp³-hybridized carbons (Fsp3) is 0.449. The number of amides is 15. The van der Waals surface area contributed by atoms with Gasteiger partial charge in [0.25, 0.3) is 0 Å². The van der Waals surface area contributed by atoms with Gasteiger partial charge in [0.1, 0.15) is 90.0 Å². The molecule has 7 aromatic rings. The number of aliphatic hydroxyl groups is 1. The van der Waals surface area contributed by atoms with Crippen LogP contribution in [0.4, 0.5) is 0 Å². The number of piperidine rings is 1. The standard InChI is InChI=1S/C98H124N16O20S/c1-9-10-32-78-97(133)114-54-67(117)50-80(114)93(129)106-73(51-84(120)121)90(126)109-85(58(4)5)98(134)111(7)79(47-60-26-16-12-17-27-60)92(128)107-75(46-63-36-40-66(116)41-37-63)95(131)113-42-23-22-33-77(113)91(127)105-72(49-64-52-100-69-31-21-20-30-68(64)69)89(125)104-71(44-62-34-38-65(115)39-35-62)88(124)103-70(43-57(2)3)87(123)108-76(86(122)101-53-82(99)118)55-135-56-83(119)102-74(45-59-24-14-11-15-25-59)94(130)112(8)81(96(132)110(78)6)48-61-28-18-13-19-29-61/h11-21,24-31,34-41,52,57-58,67,70-81,85,100,115-117H,9-10,22-23,32-33,42-51,53-56H2,1-8H3,(H2,99,118)(H,101,122)(H,102,119)(H,103,124)(H,104,125)(H,105,127)(H,106,129)(H,107,128)(H,108,123)(H,109,126)(H,120,121)/t67-,70+,71+,72+,73+,74+,75+,76+,77-,78+,79+,80-,81+,85+/m1/s1. The van der Waals surface area contributed by atoms with E-state index in [1.54, 1.807) is 149 Å². The highest BCUT2D eigenvalue weighted by molar-refractivity contribution is 8.00. The fourth-order valence-corrected chi connectivity index (χ4v) is 17.9. The molecule has 0 aliphatic carbocycles. The fourth-order valence-electron chi connectivity index (χ4n) is 17.1. The second-order valence-corrected chi connectivity index (χ2v) is 36.5. The number of benzene rings is 6. The molecule has 3 fully saturated rings. The van der Waals surface area contributed by atoms with Crippen LogP contribution >= 0.6 is 11.8 Å². The Kier molecular flexibility index (Phi) is 37.8. The third-order valence-electron chi connectivity index (χ3n) is 24.5. The van der Waals surface area contributed by atoms with Gasteiger partial charge in [-0.05, 0) is 108 Å². The second-order valence-electron chi connectivity index (χ2n) is 35.5. The third-order valence-corrected chi connectivity index (χ3v) is 25.5. The molecular weight excluding hydrogens is 1750 g/mol. The molecule has 3 saturated heterocycles. The maximum absolute atomic E-state index is 15.9. The molecule has 10 rings (SSSR count). The summed E-state index contributed by atoms with van der Waals surface area (Å²) in [5.74, 6) is -17.5. The van der Waals surface area contributed by atoms with Gasteiger partial charge in [-0.2, -0.15) is 0 Å². The number of aromatic nitrogens is 1. The smallest absolute Gasteiger partial charge is 0.305 e. The first-order valence-electron chi connectivity index (χ1n) is 45.5. The maximum Gasteiger partial charge on any atom is 0.305 e. The average Bonchev–Trinajstić information content (AvgIpc) is 1.69. The summed E-state index contributed by atoms with van der Waals surface area (Å²) in [7, 11) is 4.00. The minimum Gasteiger partial charge on any atom is -0.508 e. The van der Waals surface area contributed by atoms with Crippen molar-refractivity contribution >= 4 is 117 Å². The number of nitrogens with one attached hydrogen (secondary N) is 10. The van der Waals surface area contributed by atoms with Crippen molar-refractivity contribution in [1.82, 2.24) is 77.3 Å². The number of aliphatic carboxylic acids is 1. The van der Waals surface area contributed by atoms with Crippen LogP contribution in [0.25, 0.3) is 10.9 Å². The number of aromatic hydroxyl groups is 2. The molecular formula is C98H124N16O20S. The van der Waals surface area contributed by atoms with Crippen LogP contribution in [0.3, 0.4) is 0 Å². The molecule has 0 unspecified atom stereocenters. The number of hydrogen-bond acceptors (Lipinski definition) is 20. The summed E-state index contributed by atoms with van der Waals surface area (Å²) in [6.07, 6.45) is -1.16. The number of likely N-dealkylation sites (N-methyl/N-ethyl adjacent to an activating group) is 3. The van der Waals surface area contributed by atoms with E-state index >= 15 is 52.7 Å². The largest absolute Gasteiger partial charge is 0.508 e. The van der Waals surface area contributed by atoms with Gasteiger partial charge in [0.05, 0.1) is 24.8 Å². The molecule has 1 aromatic heterocycles. The van der Waals surface area contributed by atoms with Crippen LogP contribution in [0, 0.1) is 11.8 Å². The van der Waals surface area contributed by atoms with Crippen molar-refractivity contribution in [2.75, 3.05) is 52.3 Å². The van der Waals surface area contributed by atoms with Gasteiger partial charge in [0, 0.05) is 102 Å². The highest BCUT2D eigenvalue weighted by atomic mass is 32.2. The highest BCUT2D eigenvalue weighted by Crippen LogP contribution is 2.29. The van der Waals surface area contributed by atoms with E-state index in [0.717, 1.165) is 31.4 Å². The van der Waals surface area contributed by atoms with Crippen LogP contribution in [0.2, 0.25) is 0 Å². The number of phenolic OH excluding ortho intramolecular Hbond substituents is 2. The lowest BCUT2D eigenvalue weighted by Gasteiger charge is -2.38. The summed E-state index contributed by atoms with van der Waals surface area (Å²) < 4.78 is 0. The topological polar surface area (TPSA) is 520 Å². The van der Waals surface area contributed by atoms with Gasteiger partial charge in [-0.3, -0.25) is 76.7 Å². The monoisotopic (exact) mass is 1880 g/mol. The number of rotatable bonds is 23. The number of thioether (sulfide) groups is 1. The number of unbranched alkanes of at least 4 members (excludes halogenated alkanes) is 1. The molecule has 16 N–H and O–H groups in total. The maximum atomic E-state index is 15.9. The summed E-state index contributed by atoms with van der Waals surface area (Å²) in [6, 6.07) is 24.2. The number of aromatic amines is 1. The van der Waals surface area contributed by atoms with Crippen molar-refractivity contribution in [3.63, 3.8) is 0 Å². The van der Waals surface area contributed by atoms with E-state index in [9.17, 15) is 44.4 Å². The van der Waals surface area contributed by atoms with Crippen LogP contribution in [-0.2, 0) is 115 Å². The first-order chi connectivity index (χ1) is 64.4. The first kappa shape index (κ1) is 103. The second kappa shape index (κ2) is 49.3. The van der Waals surface area contributed by atoms with E-state index < -0.39 is 223 Å². The Balaban J connectivity index is 1.06. The molecule has 0 radical (unpaired) electrons. The number of phenols is 2. The van der Waals surface area contributed by atoms with Gasteiger partial charge < -0.3 is 103 Å². The number of nitrogens with two attached hydrogens (primary N) is 1. The van der Waals surface area contributed by atoms with Gasteiger partial charge in [-0.1, -0.05) is 181 Å². The van der Waals surface area contributed by atoms with Crippen LogP contribution in [0.5, 0.6) is 11.5 Å². The van der Waals surface area contributed by atoms with Gasteiger partial charge >= 0.3 is 5.97 Å². The van der Waals surface area contributed by atoms with E-state index in [2.05, 4.69) is 52.8 Å². The molecule has 6 aromatic carbocycles. The zero-order chi connectivity index (χ0) is 97.9. The Morgan fingerprint density at radius 3 is 1.56 bits per heavy atom. The molecule has 722 valence electrons. The number of hydrogen-bond donors (Lipinski definition) is 15. The van der Waals surface area contributed by atoms with Crippen LogP contribution in [0.1, 0.15) is 126 Å². The van der Waals surface area contributed by atoms with E-state index in [-0.39, 0.29) is 81.7 Å².